The predicted molar refractivity (Wildman–Crippen MR) is 60.0 cm³/mol. The number of methoxy groups -OCH3 is 2. The molecule has 0 fully saturated rings. The largest absolute Gasteiger partial charge is 0.383 e. The molecule has 90 valence electrons. The molecular weight excluding hydrogens is 194 g/mol. The van der Waals surface area contributed by atoms with Crippen LogP contribution >= 0.6 is 0 Å². The van der Waals surface area contributed by atoms with Gasteiger partial charge in [-0.3, -0.25) is 9.69 Å². The van der Waals surface area contributed by atoms with Gasteiger partial charge in [-0.25, -0.2) is 0 Å². The van der Waals surface area contributed by atoms with Crippen LogP contribution in [0.1, 0.15) is 13.8 Å². The number of nitrogens with zero attached hydrogens (tertiary/aromatic N) is 1. The molecule has 0 aromatic carbocycles. The highest BCUT2D eigenvalue weighted by atomic mass is 16.5. The SMILES string of the molecule is COCCN(CCOC)CC(=O)C(C)C. The zero-order valence-corrected chi connectivity index (χ0v) is 10.3. The van der Waals surface area contributed by atoms with Gasteiger partial charge < -0.3 is 9.47 Å². The molecule has 0 aliphatic rings. The van der Waals surface area contributed by atoms with Crippen LogP contribution in [0.2, 0.25) is 0 Å². The van der Waals surface area contributed by atoms with Gasteiger partial charge in [0, 0.05) is 33.2 Å². The molecule has 0 radical (unpaired) electrons. The maximum absolute atomic E-state index is 11.6. The average molecular weight is 217 g/mol. The molecular formula is C11H23NO3. The number of hydrogen-bond acceptors (Lipinski definition) is 4. The van der Waals surface area contributed by atoms with Crippen LogP contribution in [0.4, 0.5) is 0 Å². The fourth-order valence-corrected chi connectivity index (χ4v) is 1.11. The minimum atomic E-state index is 0.0950. The van der Waals surface area contributed by atoms with Gasteiger partial charge in [-0.2, -0.15) is 0 Å². The Morgan fingerprint density at radius 2 is 1.60 bits per heavy atom. The smallest absolute Gasteiger partial charge is 0.149 e. The van der Waals surface area contributed by atoms with Gasteiger partial charge in [-0.05, 0) is 0 Å². The molecule has 15 heavy (non-hydrogen) atoms. The summed E-state index contributed by atoms with van der Waals surface area (Å²) in [5, 5.41) is 0. The summed E-state index contributed by atoms with van der Waals surface area (Å²) in [5.74, 6) is 0.361. The van der Waals surface area contributed by atoms with Crippen molar-refractivity contribution in [3.63, 3.8) is 0 Å². The van der Waals surface area contributed by atoms with Gasteiger partial charge in [0.25, 0.3) is 0 Å². The van der Waals surface area contributed by atoms with E-state index in [-0.39, 0.29) is 11.7 Å². The molecule has 0 aliphatic carbocycles. The third-order valence-corrected chi connectivity index (χ3v) is 2.25. The van der Waals surface area contributed by atoms with E-state index in [0.717, 1.165) is 13.1 Å². The number of carbonyl (C=O) groups is 1. The van der Waals surface area contributed by atoms with E-state index in [9.17, 15) is 4.79 Å². The summed E-state index contributed by atoms with van der Waals surface area (Å²) in [6.45, 7) is 7.19. The van der Waals surface area contributed by atoms with Gasteiger partial charge in [0.2, 0.25) is 0 Å². The van der Waals surface area contributed by atoms with Crippen LogP contribution in [0.25, 0.3) is 0 Å². The lowest BCUT2D eigenvalue weighted by Gasteiger charge is -2.21. The third kappa shape index (κ3) is 7.48. The standard InChI is InChI=1S/C11H23NO3/c1-10(2)11(13)9-12(5-7-14-3)6-8-15-4/h10H,5-9H2,1-4H3. The first kappa shape index (κ1) is 14.6. The normalized spacial score (nSPS) is 11.3. The number of carbonyl (C=O) groups excluding carboxylic acids is 1. The molecule has 4 heteroatoms. The number of ketones is 1. The molecule has 0 atom stereocenters. The van der Waals surface area contributed by atoms with E-state index in [1.54, 1.807) is 14.2 Å². The van der Waals surface area contributed by atoms with Crippen molar-refractivity contribution in [3.05, 3.63) is 0 Å². The molecule has 0 bridgehead atoms. The quantitative estimate of drug-likeness (QED) is 0.573. The van der Waals surface area contributed by atoms with E-state index >= 15 is 0 Å². The summed E-state index contributed by atoms with van der Waals surface area (Å²) in [5.41, 5.74) is 0. The maximum Gasteiger partial charge on any atom is 0.149 e. The Morgan fingerprint density at radius 1 is 1.13 bits per heavy atom. The van der Waals surface area contributed by atoms with Gasteiger partial charge in [0.15, 0.2) is 0 Å². The van der Waals surface area contributed by atoms with Crippen molar-refractivity contribution in [2.75, 3.05) is 47.1 Å². The first-order chi connectivity index (χ1) is 7.11. The number of Topliss-reactive ketones (excluding diaryl/α,β-unsaturated/α-hetero) is 1. The van der Waals surface area contributed by atoms with E-state index in [4.69, 9.17) is 9.47 Å². The van der Waals surface area contributed by atoms with E-state index in [1.165, 1.54) is 0 Å². The number of hydrogen-bond donors (Lipinski definition) is 0. The second-order valence-corrected chi connectivity index (χ2v) is 3.88. The number of rotatable bonds is 9. The minimum absolute atomic E-state index is 0.0950. The molecule has 0 aromatic heterocycles. The Labute approximate surface area is 92.5 Å². The second-order valence-electron chi connectivity index (χ2n) is 3.88. The van der Waals surface area contributed by atoms with Crippen molar-refractivity contribution in [1.82, 2.24) is 4.90 Å². The lowest BCUT2D eigenvalue weighted by molar-refractivity contribution is -0.123. The molecule has 0 spiro atoms. The first-order valence-electron chi connectivity index (χ1n) is 5.34. The molecule has 0 aromatic rings. The maximum atomic E-state index is 11.6. The van der Waals surface area contributed by atoms with Gasteiger partial charge in [0.1, 0.15) is 5.78 Å². The minimum Gasteiger partial charge on any atom is -0.383 e. The summed E-state index contributed by atoms with van der Waals surface area (Å²) < 4.78 is 10.0. The van der Waals surface area contributed by atoms with Crippen molar-refractivity contribution < 1.29 is 14.3 Å². The van der Waals surface area contributed by atoms with Crippen molar-refractivity contribution in [2.45, 2.75) is 13.8 Å². The fourth-order valence-electron chi connectivity index (χ4n) is 1.11. The molecule has 0 saturated heterocycles. The second kappa shape index (κ2) is 8.83. The van der Waals surface area contributed by atoms with Gasteiger partial charge >= 0.3 is 0 Å². The molecule has 0 N–H and O–H groups in total. The fraction of sp³-hybridized carbons (Fsp3) is 0.909. The van der Waals surface area contributed by atoms with E-state index in [0.29, 0.717) is 19.8 Å². The Balaban J connectivity index is 3.93. The topological polar surface area (TPSA) is 38.8 Å². The Morgan fingerprint density at radius 3 is 1.93 bits per heavy atom. The highest BCUT2D eigenvalue weighted by molar-refractivity contribution is 5.82. The lowest BCUT2D eigenvalue weighted by atomic mass is 10.1. The van der Waals surface area contributed by atoms with Crippen LogP contribution < -0.4 is 0 Å². The van der Waals surface area contributed by atoms with E-state index < -0.39 is 0 Å². The summed E-state index contributed by atoms with van der Waals surface area (Å²) in [6.07, 6.45) is 0. The van der Waals surface area contributed by atoms with Crippen LogP contribution in [0.3, 0.4) is 0 Å². The monoisotopic (exact) mass is 217 g/mol. The van der Waals surface area contributed by atoms with E-state index in [1.807, 2.05) is 13.8 Å². The lowest BCUT2D eigenvalue weighted by Crippen LogP contribution is -2.36. The summed E-state index contributed by atoms with van der Waals surface area (Å²) in [7, 11) is 3.33. The van der Waals surface area contributed by atoms with Crippen LogP contribution in [-0.4, -0.2) is 57.8 Å². The molecule has 0 rings (SSSR count). The van der Waals surface area contributed by atoms with E-state index in [2.05, 4.69) is 4.90 Å². The van der Waals surface area contributed by atoms with Crippen LogP contribution in [-0.2, 0) is 14.3 Å². The molecule has 0 heterocycles. The van der Waals surface area contributed by atoms with Crippen molar-refractivity contribution in [3.8, 4) is 0 Å². The Bertz CT molecular complexity index is 163. The van der Waals surface area contributed by atoms with Crippen molar-refractivity contribution >= 4 is 5.78 Å². The molecule has 0 amide bonds. The molecule has 4 nitrogen and oxygen atoms in total. The summed E-state index contributed by atoms with van der Waals surface area (Å²) >= 11 is 0. The van der Waals surface area contributed by atoms with Gasteiger partial charge in [-0.15, -0.1) is 0 Å². The van der Waals surface area contributed by atoms with Crippen molar-refractivity contribution in [2.24, 2.45) is 5.92 Å². The molecule has 0 saturated carbocycles. The number of ether oxygens (including phenoxy) is 2. The first-order valence-corrected chi connectivity index (χ1v) is 5.34. The third-order valence-electron chi connectivity index (χ3n) is 2.25. The highest BCUT2D eigenvalue weighted by Crippen LogP contribution is 1.98. The predicted octanol–water partition coefficient (Wildman–Crippen LogP) is 0.806. The van der Waals surface area contributed by atoms with Gasteiger partial charge in [-0.1, -0.05) is 13.8 Å². The molecule has 0 aliphatic heterocycles. The average Bonchev–Trinajstić information content (AvgIpc) is 2.21. The Hall–Kier alpha value is -0.450. The highest BCUT2D eigenvalue weighted by Gasteiger charge is 2.12. The van der Waals surface area contributed by atoms with Gasteiger partial charge in [0.05, 0.1) is 19.8 Å². The zero-order chi connectivity index (χ0) is 11.7. The van der Waals surface area contributed by atoms with Crippen LogP contribution in [0.5, 0.6) is 0 Å². The zero-order valence-electron chi connectivity index (χ0n) is 10.3. The van der Waals surface area contributed by atoms with Crippen molar-refractivity contribution in [1.29, 1.82) is 0 Å². The summed E-state index contributed by atoms with van der Waals surface area (Å²) in [4.78, 5) is 13.6. The van der Waals surface area contributed by atoms with Crippen LogP contribution in [0, 0.1) is 5.92 Å². The molecule has 0 unspecified atom stereocenters. The summed E-state index contributed by atoms with van der Waals surface area (Å²) in [6, 6.07) is 0. The Kier molecular flexibility index (Phi) is 8.56. The van der Waals surface area contributed by atoms with Crippen LogP contribution in [0.15, 0.2) is 0 Å².